The third-order valence-electron chi connectivity index (χ3n) is 3.49. The molecule has 0 aliphatic carbocycles. The molecule has 1 aliphatic heterocycles. The summed E-state index contributed by atoms with van der Waals surface area (Å²) in [6.45, 7) is 7.78. The van der Waals surface area contributed by atoms with Gasteiger partial charge in [0, 0.05) is 6.54 Å². The Bertz CT molecular complexity index is 495. The molecular formula is C15H22N4. The zero-order valence-electron chi connectivity index (χ0n) is 12.0. The highest BCUT2D eigenvalue weighted by Crippen LogP contribution is 2.26. The second kappa shape index (κ2) is 5.87. The normalized spacial score (nSPS) is 17.1. The van der Waals surface area contributed by atoms with Crippen LogP contribution in [0.15, 0.2) is 28.2 Å². The van der Waals surface area contributed by atoms with E-state index in [4.69, 9.17) is 10.7 Å². The number of rotatable bonds is 4. The van der Waals surface area contributed by atoms with Gasteiger partial charge >= 0.3 is 0 Å². The van der Waals surface area contributed by atoms with Crippen LogP contribution in [0.5, 0.6) is 0 Å². The maximum atomic E-state index is 5.87. The van der Waals surface area contributed by atoms with Crippen molar-refractivity contribution in [3.63, 3.8) is 0 Å². The summed E-state index contributed by atoms with van der Waals surface area (Å²) in [5.41, 5.74) is 9.54. The number of guanidine groups is 1. The van der Waals surface area contributed by atoms with Crippen LogP contribution in [-0.2, 0) is 12.8 Å². The van der Waals surface area contributed by atoms with E-state index in [2.05, 4.69) is 44.0 Å². The van der Waals surface area contributed by atoms with Crippen molar-refractivity contribution in [2.24, 2.45) is 15.7 Å². The van der Waals surface area contributed by atoms with Gasteiger partial charge in [0.1, 0.15) is 12.4 Å². The predicted octanol–water partition coefficient (Wildman–Crippen LogP) is 2.49. The SMILES string of the molecule is CCc1cccc(CC)c1N=C1CN=C(N)N1CC. The van der Waals surface area contributed by atoms with Crippen LogP contribution < -0.4 is 5.73 Å². The minimum absolute atomic E-state index is 0.577. The number of aryl methyl sites for hydroxylation is 2. The Kier molecular flexibility index (Phi) is 4.20. The minimum atomic E-state index is 0.577. The molecule has 19 heavy (non-hydrogen) atoms. The van der Waals surface area contributed by atoms with Crippen molar-refractivity contribution in [1.29, 1.82) is 0 Å². The number of aliphatic imine (C=N–C) groups is 2. The molecule has 0 amide bonds. The molecule has 0 saturated heterocycles. The molecule has 0 atom stereocenters. The third kappa shape index (κ3) is 2.62. The first kappa shape index (κ1) is 13.6. The Labute approximate surface area is 115 Å². The molecule has 102 valence electrons. The molecule has 0 saturated carbocycles. The molecule has 2 N–H and O–H groups in total. The lowest BCUT2D eigenvalue weighted by molar-refractivity contribution is 0.648. The number of hydrogen-bond donors (Lipinski definition) is 1. The highest BCUT2D eigenvalue weighted by atomic mass is 15.3. The van der Waals surface area contributed by atoms with Gasteiger partial charge in [0.05, 0.1) is 5.69 Å². The van der Waals surface area contributed by atoms with Crippen LogP contribution in [0, 0.1) is 0 Å². The van der Waals surface area contributed by atoms with Gasteiger partial charge in [0.15, 0.2) is 5.96 Å². The summed E-state index contributed by atoms with van der Waals surface area (Å²) in [4.78, 5) is 11.1. The molecule has 0 spiro atoms. The summed E-state index contributed by atoms with van der Waals surface area (Å²) < 4.78 is 0. The first-order chi connectivity index (χ1) is 9.21. The van der Waals surface area contributed by atoms with Gasteiger partial charge in [-0.2, -0.15) is 0 Å². The average Bonchev–Trinajstić information content (AvgIpc) is 2.79. The molecule has 1 heterocycles. The number of nitrogens with two attached hydrogens (primary N) is 1. The molecule has 1 aromatic rings. The zero-order valence-corrected chi connectivity index (χ0v) is 12.0. The Hall–Kier alpha value is -1.84. The second-order valence-electron chi connectivity index (χ2n) is 4.58. The van der Waals surface area contributed by atoms with Crippen LogP contribution in [0.1, 0.15) is 31.9 Å². The fraction of sp³-hybridized carbons (Fsp3) is 0.467. The number of nitrogens with zero attached hydrogens (tertiary/aromatic N) is 3. The Morgan fingerprint density at radius 3 is 2.37 bits per heavy atom. The topological polar surface area (TPSA) is 54.0 Å². The van der Waals surface area contributed by atoms with E-state index in [1.54, 1.807) is 0 Å². The van der Waals surface area contributed by atoms with E-state index in [1.807, 2.05) is 4.90 Å². The molecule has 0 aromatic heterocycles. The lowest BCUT2D eigenvalue weighted by atomic mass is 10.0. The fourth-order valence-electron chi connectivity index (χ4n) is 2.38. The summed E-state index contributed by atoms with van der Waals surface area (Å²) in [5.74, 6) is 1.53. The van der Waals surface area contributed by atoms with E-state index < -0.39 is 0 Å². The fourth-order valence-corrected chi connectivity index (χ4v) is 2.38. The van der Waals surface area contributed by atoms with Crippen molar-refractivity contribution in [2.45, 2.75) is 33.6 Å². The van der Waals surface area contributed by atoms with Crippen LogP contribution in [0.25, 0.3) is 0 Å². The lowest BCUT2D eigenvalue weighted by Crippen LogP contribution is -2.37. The molecule has 2 rings (SSSR count). The van der Waals surface area contributed by atoms with Crippen LogP contribution in [0.2, 0.25) is 0 Å². The van der Waals surface area contributed by atoms with Gasteiger partial charge in [0.25, 0.3) is 0 Å². The smallest absolute Gasteiger partial charge is 0.197 e. The van der Waals surface area contributed by atoms with Crippen LogP contribution in [0.4, 0.5) is 5.69 Å². The van der Waals surface area contributed by atoms with Crippen molar-refractivity contribution in [3.05, 3.63) is 29.3 Å². The van der Waals surface area contributed by atoms with Gasteiger partial charge in [0.2, 0.25) is 0 Å². The Morgan fingerprint density at radius 2 is 1.84 bits per heavy atom. The maximum absolute atomic E-state index is 5.87. The van der Waals surface area contributed by atoms with Crippen LogP contribution in [0.3, 0.4) is 0 Å². The minimum Gasteiger partial charge on any atom is -0.369 e. The predicted molar refractivity (Wildman–Crippen MR) is 81.2 cm³/mol. The summed E-state index contributed by atoms with van der Waals surface area (Å²) in [6, 6.07) is 6.40. The number of hydrogen-bond acceptors (Lipinski definition) is 3. The number of para-hydroxylation sites is 1. The van der Waals surface area contributed by atoms with Gasteiger partial charge < -0.3 is 5.73 Å². The molecule has 4 heteroatoms. The van der Waals surface area contributed by atoms with Crippen LogP contribution >= 0.6 is 0 Å². The summed E-state index contributed by atoms with van der Waals surface area (Å²) in [6.07, 6.45) is 1.98. The molecule has 1 aromatic carbocycles. The number of amidine groups is 1. The summed E-state index contributed by atoms with van der Waals surface area (Å²) in [7, 11) is 0. The monoisotopic (exact) mass is 258 g/mol. The molecular weight excluding hydrogens is 236 g/mol. The summed E-state index contributed by atoms with van der Waals surface area (Å²) in [5, 5.41) is 0. The Balaban J connectivity index is 2.43. The van der Waals surface area contributed by atoms with E-state index in [0.717, 1.165) is 30.9 Å². The van der Waals surface area contributed by atoms with Gasteiger partial charge in [-0.15, -0.1) is 0 Å². The van der Waals surface area contributed by atoms with E-state index in [-0.39, 0.29) is 0 Å². The number of likely N-dealkylation sites (N-methyl/N-ethyl adjacent to an activating group) is 1. The third-order valence-corrected chi connectivity index (χ3v) is 3.49. The van der Waals surface area contributed by atoms with E-state index in [0.29, 0.717) is 12.5 Å². The molecule has 0 fully saturated rings. The highest BCUT2D eigenvalue weighted by molar-refractivity contribution is 6.06. The van der Waals surface area contributed by atoms with Crippen molar-refractivity contribution in [3.8, 4) is 0 Å². The zero-order chi connectivity index (χ0) is 13.8. The van der Waals surface area contributed by atoms with E-state index >= 15 is 0 Å². The maximum Gasteiger partial charge on any atom is 0.197 e. The molecule has 0 bridgehead atoms. The van der Waals surface area contributed by atoms with E-state index in [9.17, 15) is 0 Å². The molecule has 0 radical (unpaired) electrons. The average molecular weight is 258 g/mol. The molecule has 0 unspecified atom stereocenters. The van der Waals surface area contributed by atoms with Crippen molar-refractivity contribution >= 4 is 17.5 Å². The summed E-state index contributed by atoms with van der Waals surface area (Å²) >= 11 is 0. The van der Waals surface area contributed by atoms with Crippen LogP contribution in [-0.4, -0.2) is 29.8 Å². The van der Waals surface area contributed by atoms with Gasteiger partial charge in [-0.25, -0.2) is 9.98 Å². The van der Waals surface area contributed by atoms with Crippen molar-refractivity contribution in [2.75, 3.05) is 13.1 Å². The van der Waals surface area contributed by atoms with E-state index in [1.165, 1.54) is 11.1 Å². The van der Waals surface area contributed by atoms with Crippen molar-refractivity contribution in [1.82, 2.24) is 4.90 Å². The van der Waals surface area contributed by atoms with Gasteiger partial charge in [-0.3, -0.25) is 4.90 Å². The Morgan fingerprint density at radius 1 is 1.21 bits per heavy atom. The second-order valence-corrected chi connectivity index (χ2v) is 4.58. The quantitative estimate of drug-likeness (QED) is 0.902. The first-order valence-electron chi connectivity index (χ1n) is 6.97. The van der Waals surface area contributed by atoms with Gasteiger partial charge in [-0.05, 0) is 30.9 Å². The standard InChI is InChI=1S/C15H22N4/c1-4-11-8-7-9-12(5-2)14(11)18-13-10-17-15(16)19(13)6-3/h7-9H,4-6,10H2,1-3H3,(H2,16,17). The first-order valence-corrected chi connectivity index (χ1v) is 6.97. The highest BCUT2D eigenvalue weighted by Gasteiger charge is 2.20. The molecule has 1 aliphatic rings. The number of benzene rings is 1. The largest absolute Gasteiger partial charge is 0.369 e. The molecule has 4 nitrogen and oxygen atoms in total. The lowest BCUT2D eigenvalue weighted by Gasteiger charge is -2.17. The van der Waals surface area contributed by atoms with Gasteiger partial charge in [-0.1, -0.05) is 32.0 Å². The van der Waals surface area contributed by atoms with Crippen molar-refractivity contribution < 1.29 is 0 Å².